The van der Waals surface area contributed by atoms with Gasteiger partial charge in [0.2, 0.25) is 0 Å². The lowest BCUT2D eigenvalue weighted by Crippen LogP contribution is -1.99. The molecule has 0 aliphatic carbocycles. The molecule has 1 unspecified atom stereocenters. The summed E-state index contributed by atoms with van der Waals surface area (Å²) in [6, 6.07) is 10.2. The van der Waals surface area contributed by atoms with Gasteiger partial charge in [0, 0.05) is 16.7 Å². The topological polar surface area (TPSA) is 9.23 Å². The molecule has 1 atom stereocenters. The second kappa shape index (κ2) is 6.12. The van der Waals surface area contributed by atoms with E-state index in [2.05, 4.69) is 15.9 Å². The smallest absolute Gasteiger partial charge is 0.141 e. The van der Waals surface area contributed by atoms with Crippen LogP contribution in [0.15, 0.2) is 40.9 Å². The minimum absolute atomic E-state index is 0.334. The number of ether oxygens (including phenoxy) is 1. The summed E-state index contributed by atoms with van der Waals surface area (Å²) in [6.07, 6.45) is 0. The number of rotatable bonds is 3. The molecular weight excluding hydrogens is 354 g/mol. The zero-order chi connectivity index (χ0) is 14.0. The van der Waals surface area contributed by atoms with E-state index >= 15 is 0 Å². The zero-order valence-electron chi connectivity index (χ0n) is 9.96. The maximum atomic E-state index is 13.5. The average Bonchev–Trinajstić information content (AvgIpc) is 2.41. The van der Waals surface area contributed by atoms with Crippen LogP contribution in [-0.4, -0.2) is 7.11 Å². The Morgan fingerprint density at radius 2 is 1.89 bits per heavy atom. The number of methoxy groups -OCH3 is 1. The standard InChI is InChI=1S/C14H10BrCl2FO/c1-19-13-7-12(18)10(15)6-9(13)14(17)8-4-2-3-5-11(8)16/h2-7,14H,1H3. The van der Waals surface area contributed by atoms with E-state index in [4.69, 9.17) is 27.9 Å². The average molecular weight is 364 g/mol. The number of hydrogen-bond acceptors (Lipinski definition) is 1. The first-order chi connectivity index (χ1) is 9.04. The minimum atomic E-state index is -0.513. The molecule has 0 fully saturated rings. The fourth-order valence-corrected chi connectivity index (χ4v) is 2.79. The third kappa shape index (κ3) is 3.04. The summed E-state index contributed by atoms with van der Waals surface area (Å²) in [6.45, 7) is 0. The van der Waals surface area contributed by atoms with Gasteiger partial charge in [0.15, 0.2) is 0 Å². The molecule has 0 aliphatic rings. The van der Waals surface area contributed by atoms with E-state index in [9.17, 15) is 4.39 Å². The highest BCUT2D eigenvalue weighted by Gasteiger charge is 2.20. The molecule has 100 valence electrons. The fourth-order valence-electron chi connectivity index (χ4n) is 1.77. The van der Waals surface area contributed by atoms with Crippen LogP contribution < -0.4 is 4.74 Å². The van der Waals surface area contributed by atoms with Gasteiger partial charge in [-0.1, -0.05) is 29.8 Å². The molecule has 0 saturated heterocycles. The summed E-state index contributed by atoms with van der Waals surface area (Å²) in [5.41, 5.74) is 1.41. The number of halogens is 4. The molecule has 0 aromatic heterocycles. The molecule has 0 aliphatic heterocycles. The molecule has 2 rings (SSSR count). The third-order valence-electron chi connectivity index (χ3n) is 2.72. The highest BCUT2D eigenvalue weighted by Crippen LogP contribution is 2.40. The van der Waals surface area contributed by atoms with E-state index in [0.717, 1.165) is 5.56 Å². The van der Waals surface area contributed by atoms with Gasteiger partial charge in [-0.2, -0.15) is 0 Å². The lowest BCUT2D eigenvalue weighted by Gasteiger charge is -2.16. The normalized spacial score (nSPS) is 12.3. The predicted molar refractivity (Wildman–Crippen MR) is 79.8 cm³/mol. The summed E-state index contributed by atoms with van der Waals surface area (Å²) in [5.74, 6) is -0.00996. The summed E-state index contributed by atoms with van der Waals surface area (Å²) in [7, 11) is 1.47. The first-order valence-corrected chi connectivity index (χ1v) is 7.06. The molecular formula is C14H10BrCl2FO. The van der Waals surface area contributed by atoms with Crippen LogP contribution in [-0.2, 0) is 0 Å². The first kappa shape index (κ1) is 14.6. The molecule has 19 heavy (non-hydrogen) atoms. The second-order valence-electron chi connectivity index (χ2n) is 3.89. The quantitative estimate of drug-likeness (QED) is 0.647. The molecule has 0 N–H and O–H groups in total. The maximum Gasteiger partial charge on any atom is 0.141 e. The molecule has 5 heteroatoms. The van der Waals surface area contributed by atoms with Crippen LogP contribution in [0.25, 0.3) is 0 Å². The molecule has 2 aromatic rings. The van der Waals surface area contributed by atoms with Crippen molar-refractivity contribution in [2.45, 2.75) is 5.38 Å². The van der Waals surface area contributed by atoms with Gasteiger partial charge in [0.1, 0.15) is 11.6 Å². The number of benzene rings is 2. The van der Waals surface area contributed by atoms with Crippen molar-refractivity contribution in [2.24, 2.45) is 0 Å². The summed E-state index contributed by atoms with van der Waals surface area (Å²) >= 11 is 15.7. The van der Waals surface area contributed by atoms with Crippen LogP contribution in [0.5, 0.6) is 5.75 Å². The molecule has 2 aromatic carbocycles. The van der Waals surface area contributed by atoms with Crippen molar-refractivity contribution in [2.75, 3.05) is 7.11 Å². The molecule has 0 bridgehead atoms. The Balaban J connectivity index is 2.52. The highest BCUT2D eigenvalue weighted by molar-refractivity contribution is 9.10. The molecule has 0 saturated carbocycles. The molecule has 0 amide bonds. The maximum absolute atomic E-state index is 13.5. The van der Waals surface area contributed by atoms with Crippen LogP contribution in [0, 0.1) is 5.82 Å². The largest absolute Gasteiger partial charge is 0.496 e. The van der Waals surface area contributed by atoms with Gasteiger partial charge in [-0.3, -0.25) is 0 Å². The highest BCUT2D eigenvalue weighted by atomic mass is 79.9. The molecule has 0 spiro atoms. The van der Waals surface area contributed by atoms with E-state index in [1.165, 1.54) is 13.2 Å². The van der Waals surface area contributed by atoms with Crippen LogP contribution in [0.3, 0.4) is 0 Å². The van der Waals surface area contributed by atoms with E-state index in [0.29, 0.717) is 20.8 Å². The van der Waals surface area contributed by atoms with Crippen LogP contribution >= 0.6 is 39.1 Å². The van der Waals surface area contributed by atoms with Crippen molar-refractivity contribution < 1.29 is 9.13 Å². The van der Waals surface area contributed by atoms with E-state index < -0.39 is 11.2 Å². The first-order valence-electron chi connectivity index (χ1n) is 5.46. The third-order valence-corrected chi connectivity index (χ3v) is 4.15. The van der Waals surface area contributed by atoms with Gasteiger partial charge < -0.3 is 4.74 Å². The monoisotopic (exact) mass is 362 g/mol. The van der Waals surface area contributed by atoms with Gasteiger partial charge in [-0.25, -0.2) is 4.39 Å². The fraction of sp³-hybridized carbons (Fsp3) is 0.143. The Kier molecular flexibility index (Phi) is 4.71. The van der Waals surface area contributed by atoms with Crippen LogP contribution in [0.1, 0.15) is 16.5 Å². The zero-order valence-corrected chi connectivity index (χ0v) is 13.1. The molecule has 0 heterocycles. The summed E-state index contributed by atoms with van der Waals surface area (Å²) in [4.78, 5) is 0. The van der Waals surface area contributed by atoms with Gasteiger partial charge in [0.25, 0.3) is 0 Å². The van der Waals surface area contributed by atoms with Crippen molar-refractivity contribution in [3.8, 4) is 5.75 Å². The van der Waals surface area contributed by atoms with E-state index in [1.807, 2.05) is 18.2 Å². The Bertz CT molecular complexity index is 604. The van der Waals surface area contributed by atoms with E-state index in [1.54, 1.807) is 12.1 Å². The van der Waals surface area contributed by atoms with Gasteiger partial charge in [-0.05, 0) is 33.6 Å². The summed E-state index contributed by atoms with van der Waals surface area (Å²) in [5, 5.41) is 0.0468. The lowest BCUT2D eigenvalue weighted by molar-refractivity contribution is 0.406. The predicted octanol–water partition coefficient (Wildman–Crippen LogP) is 5.58. The van der Waals surface area contributed by atoms with Crippen molar-refractivity contribution in [1.82, 2.24) is 0 Å². The minimum Gasteiger partial charge on any atom is -0.496 e. The van der Waals surface area contributed by atoms with Gasteiger partial charge in [-0.15, -0.1) is 11.6 Å². The Hall–Kier alpha value is -0.770. The van der Waals surface area contributed by atoms with Crippen molar-refractivity contribution >= 4 is 39.1 Å². The lowest BCUT2D eigenvalue weighted by atomic mass is 10.0. The molecule has 1 nitrogen and oxygen atoms in total. The second-order valence-corrected chi connectivity index (χ2v) is 5.59. The van der Waals surface area contributed by atoms with Crippen molar-refractivity contribution in [3.63, 3.8) is 0 Å². The number of alkyl halides is 1. The van der Waals surface area contributed by atoms with Gasteiger partial charge in [0.05, 0.1) is 17.0 Å². The molecule has 0 radical (unpaired) electrons. The van der Waals surface area contributed by atoms with Crippen molar-refractivity contribution in [3.05, 3.63) is 62.8 Å². The van der Waals surface area contributed by atoms with Gasteiger partial charge >= 0.3 is 0 Å². The Morgan fingerprint density at radius 1 is 1.21 bits per heavy atom. The Labute approximate surface area is 129 Å². The van der Waals surface area contributed by atoms with Crippen LogP contribution in [0.4, 0.5) is 4.39 Å². The SMILES string of the molecule is COc1cc(F)c(Br)cc1C(Cl)c1ccccc1Cl. The van der Waals surface area contributed by atoms with Crippen molar-refractivity contribution in [1.29, 1.82) is 0 Å². The number of hydrogen-bond donors (Lipinski definition) is 0. The van der Waals surface area contributed by atoms with Crippen LogP contribution in [0.2, 0.25) is 5.02 Å². The van der Waals surface area contributed by atoms with E-state index in [-0.39, 0.29) is 0 Å². The Morgan fingerprint density at radius 3 is 2.53 bits per heavy atom. The summed E-state index contributed by atoms with van der Waals surface area (Å²) < 4.78 is 19.0.